The van der Waals surface area contributed by atoms with Crippen molar-refractivity contribution in [1.29, 1.82) is 0 Å². The molecule has 0 N–H and O–H groups in total. The molecule has 4 heteroatoms. The molecule has 1 atom stereocenters. The Hall–Kier alpha value is -2.59. The van der Waals surface area contributed by atoms with Crippen molar-refractivity contribution < 1.29 is 4.39 Å². The third kappa shape index (κ3) is 3.62. The standard InChI is InChI=1S/C23H24FN3/c1-3-27-13-12-20(21-6-4-5-7-22(21)24)19-10-9-17(14-18(19)15-27)23-11-8-16(2)25-26-23/h4-11,14,20H,3,12-13,15H2,1-2H3. The Morgan fingerprint density at radius 1 is 1.04 bits per heavy atom. The number of hydrogen-bond acceptors (Lipinski definition) is 3. The van der Waals surface area contributed by atoms with Crippen LogP contribution in [0.4, 0.5) is 4.39 Å². The monoisotopic (exact) mass is 361 g/mol. The lowest BCUT2D eigenvalue weighted by atomic mass is 9.85. The summed E-state index contributed by atoms with van der Waals surface area (Å²) >= 11 is 0. The van der Waals surface area contributed by atoms with Crippen LogP contribution in [0.3, 0.4) is 0 Å². The second-order valence-electron chi connectivity index (χ2n) is 7.21. The molecule has 138 valence electrons. The van der Waals surface area contributed by atoms with E-state index in [1.807, 2.05) is 31.2 Å². The van der Waals surface area contributed by atoms with Gasteiger partial charge < -0.3 is 0 Å². The predicted octanol–water partition coefficient (Wildman–Crippen LogP) is 4.95. The van der Waals surface area contributed by atoms with Crippen LogP contribution in [0.2, 0.25) is 0 Å². The molecule has 0 saturated heterocycles. The van der Waals surface area contributed by atoms with Crippen molar-refractivity contribution in [3.8, 4) is 11.3 Å². The summed E-state index contributed by atoms with van der Waals surface area (Å²) in [5.74, 6) is -0.0391. The molecule has 0 radical (unpaired) electrons. The maximum absolute atomic E-state index is 14.5. The Morgan fingerprint density at radius 2 is 1.89 bits per heavy atom. The molecule has 27 heavy (non-hydrogen) atoms. The van der Waals surface area contributed by atoms with Gasteiger partial charge in [0.05, 0.1) is 11.4 Å². The van der Waals surface area contributed by atoms with Gasteiger partial charge in [-0.3, -0.25) is 4.90 Å². The molecule has 0 bridgehead atoms. The van der Waals surface area contributed by atoms with Crippen LogP contribution in [-0.4, -0.2) is 28.2 Å². The van der Waals surface area contributed by atoms with E-state index in [9.17, 15) is 4.39 Å². The van der Waals surface area contributed by atoms with E-state index in [4.69, 9.17) is 0 Å². The Bertz CT molecular complexity index is 937. The number of benzene rings is 2. The van der Waals surface area contributed by atoms with E-state index < -0.39 is 0 Å². The van der Waals surface area contributed by atoms with Crippen LogP contribution in [0.25, 0.3) is 11.3 Å². The van der Waals surface area contributed by atoms with Crippen molar-refractivity contribution in [2.45, 2.75) is 32.7 Å². The second kappa shape index (κ2) is 7.57. The largest absolute Gasteiger partial charge is 0.299 e. The number of aromatic nitrogens is 2. The highest BCUT2D eigenvalue weighted by Crippen LogP contribution is 2.36. The second-order valence-corrected chi connectivity index (χ2v) is 7.21. The van der Waals surface area contributed by atoms with Gasteiger partial charge in [-0.05, 0) is 67.4 Å². The number of halogens is 1. The summed E-state index contributed by atoms with van der Waals surface area (Å²) in [7, 11) is 0. The van der Waals surface area contributed by atoms with Crippen molar-refractivity contribution in [2.75, 3.05) is 13.1 Å². The SMILES string of the molecule is CCN1CCC(c2ccccc2F)c2ccc(-c3ccc(C)nn3)cc2C1. The lowest BCUT2D eigenvalue weighted by Crippen LogP contribution is -2.22. The fourth-order valence-corrected chi connectivity index (χ4v) is 3.93. The van der Waals surface area contributed by atoms with Gasteiger partial charge in [0.15, 0.2) is 0 Å². The first-order valence-corrected chi connectivity index (χ1v) is 9.56. The normalized spacial score (nSPS) is 17.4. The Morgan fingerprint density at radius 3 is 2.63 bits per heavy atom. The van der Waals surface area contributed by atoms with Crippen LogP contribution in [0.1, 0.15) is 41.6 Å². The van der Waals surface area contributed by atoms with Crippen LogP contribution >= 0.6 is 0 Å². The molecule has 2 heterocycles. The first-order valence-electron chi connectivity index (χ1n) is 9.56. The first kappa shape index (κ1) is 17.8. The van der Waals surface area contributed by atoms with Crippen molar-refractivity contribution in [1.82, 2.24) is 15.1 Å². The highest BCUT2D eigenvalue weighted by atomic mass is 19.1. The Kier molecular flexibility index (Phi) is 4.99. The molecule has 0 fully saturated rings. The average molecular weight is 361 g/mol. The molecular formula is C23H24FN3. The first-order chi connectivity index (χ1) is 13.2. The van der Waals surface area contributed by atoms with E-state index in [1.54, 1.807) is 12.1 Å². The molecule has 4 rings (SSSR count). The van der Waals surface area contributed by atoms with Gasteiger partial charge in [-0.15, -0.1) is 0 Å². The van der Waals surface area contributed by atoms with Crippen molar-refractivity contribution in [3.63, 3.8) is 0 Å². The predicted molar refractivity (Wildman–Crippen MR) is 106 cm³/mol. The van der Waals surface area contributed by atoms with Crippen LogP contribution in [0, 0.1) is 12.7 Å². The lowest BCUT2D eigenvalue weighted by molar-refractivity contribution is 0.281. The molecule has 2 aromatic carbocycles. The summed E-state index contributed by atoms with van der Waals surface area (Å²) in [6.07, 6.45) is 0.922. The smallest absolute Gasteiger partial charge is 0.127 e. The van der Waals surface area contributed by atoms with E-state index in [-0.39, 0.29) is 11.7 Å². The quantitative estimate of drug-likeness (QED) is 0.661. The fraction of sp³-hybridized carbons (Fsp3) is 0.304. The number of hydrogen-bond donors (Lipinski definition) is 0. The molecule has 3 nitrogen and oxygen atoms in total. The van der Waals surface area contributed by atoms with E-state index in [0.717, 1.165) is 48.6 Å². The third-order valence-electron chi connectivity index (χ3n) is 5.47. The minimum atomic E-state index is -0.119. The van der Waals surface area contributed by atoms with Crippen LogP contribution < -0.4 is 0 Å². The highest BCUT2D eigenvalue weighted by Gasteiger charge is 2.25. The zero-order valence-corrected chi connectivity index (χ0v) is 15.8. The Balaban J connectivity index is 1.79. The maximum Gasteiger partial charge on any atom is 0.127 e. The molecule has 0 spiro atoms. The molecule has 1 aliphatic heterocycles. The fourth-order valence-electron chi connectivity index (χ4n) is 3.93. The highest BCUT2D eigenvalue weighted by molar-refractivity contribution is 5.61. The number of rotatable bonds is 3. The van der Waals surface area contributed by atoms with E-state index in [2.05, 4.69) is 40.2 Å². The molecule has 0 amide bonds. The molecule has 3 aromatic rings. The van der Waals surface area contributed by atoms with Gasteiger partial charge in [-0.25, -0.2) is 4.39 Å². The van der Waals surface area contributed by atoms with E-state index in [1.165, 1.54) is 11.1 Å². The van der Waals surface area contributed by atoms with Gasteiger partial charge in [-0.2, -0.15) is 10.2 Å². The zero-order chi connectivity index (χ0) is 18.8. The van der Waals surface area contributed by atoms with Crippen LogP contribution in [-0.2, 0) is 6.54 Å². The summed E-state index contributed by atoms with van der Waals surface area (Å²) in [6.45, 7) is 6.94. The van der Waals surface area contributed by atoms with Crippen molar-refractivity contribution in [2.24, 2.45) is 0 Å². The van der Waals surface area contributed by atoms with Crippen molar-refractivity contribution >= 4 is 0 Å². The van der Waals surface area contributed by atoms with Gasteiger partial charge in [0, 0.05) is 18.0 Å². The maximum atomic E-state index is 14.5. The lowest BCUT2D eigenvalue weighted by Gasteiger charge is -2.19. The number of aryl methyl sites for hydroxylation is 1. The topological polar surface area (TPSA) is 29.0 Å². The Labute approximate surface area is 159 Å². The zero-order valence-electron chi connectivity index (χ0n) is 15.8. The molecule has 1 aromatic heterocycles. The van der Waals surface area contributed by atoms with E-state index >= 15 is 0 Å². The minimum Gasteiger partial charge on any atom is -0.299 e. The number of fused-ring (bicyclic) bond motifs is 1. The van der Waals surface area contributed by atoms with Gasteiger partial charge in [0.1, 0.15) is 5.82 Å². The molecular weight excluding hydrogens is 337 g/mol. The minimum absolute atomic E-state index is 0.0795. The molecule has 0 aliphatic carbocycles. The number of nitrogens with zero attached hydrogens (tertiary/aromatic N) is 3. The molecule has 1 unspecified atom stereocenters. The molecule has 0 saturated carbocycles. The molecule has 1 aliphatic rings. The van der Waals surface area contributed by atoms with Crippen LogP contribution in [0.5, 0.6) is 0 Å². The summed E-state index contributed by atoms with van der Waals surface area (Å²) in [6, 6.07) is 17.6. The van der Waals surface area contributed by atoms with Gasteiger partial charge in [0.25, 0.3) is 0 Å². The van der Waals surface area contributed by atoms with Gasteiger partial charge in [0.2, 0.25) is 0 Å². The summed E-state index contributed by atoms with van der Waals surface area (Å²) in [4.78, 5) is 2.42. The van der Waals surface area contributed by atoms with Crippen molar-refractivity contribution in [3.05, 3.63) is 82.8 Å². The third-order valence-corrected chi connectivity index (χ3v) is 5.47. The van der Waals surface area contributed by atoms with Gasteiger partial charge in [-0.1, -0.05) is 37.3 Å². The average Bonchev–Trinajstić information content (AvgIpc) is 2.87. The summed E-state index contributed by atoms with van der Waals surface area (Å²) in [5, 5.41) is 8.51. The van der Waals surface area contributed by atoms with Gasteiger partial charge >= 0.3 is 0 Å². The van der Waals surface area contributed by atoms with Crippen LogP contribution in [0.15, 0.2) is 54.6 Å². The summed E-state index contributed by atoms with van der Waals surface area (Å²) in [5.41, 5.74) is 6.11. The van der Waals surface area contributed by atoms with E-state index in [0.29, 0.717) is 0 Å². The summed E-state index contributed by atoms with van der Waals surface area (Å²) < 4.78 is 14.5.